The van der Waals surface area contributed by atoms with Gasteiger partial charge in [0, 0.05) is 6.42 Å². The van der Waals surface area contributed by atoms with Crippen molar-refractivity contribution in [3.05, 3.63) is 52.2 Å². The van der Waals surface area contributed by atoms with E-state index in [1.54, 1.807) is 23.5 Å². The first-order chi connectivity index (χ1) is 8.81. The molecule has 0 saturated carbocycles. The molecule has 0 unspecified atom stereocenters. The number of nitrogens with zero attached hydrogens (tertiary/aromatic N) is 1. The Bertz CT molecular complexity index is 524. The second-order valence-corrected chi connectivity index (χ2v) is 4.49. The summed E-state index contributed by atoms with van der Waals surface area (Å²) in [5, 5.41) is 15.8. The van der Waals surface area contributed by atoms with Crippen LogP contribution in [0.2, 0.25) is 0 Å². The average Bonchev–Trinajstić information content (AvgIpc) is 2.92. The molecule has 0 amide bonds. The second-order valence-electron chi connectivity index (χ2n) is 3.71. The minimum Gasteiger partial charge on any atom is -0.492 e. The number of hydrogen-bond acceptors (Lipinski definition) is 4. The molecule has 0 bridgehead atoms. The lowest BCUT2D eigenvalue weighted by molar-refractivity contribution is 0.313. The van der Waals surface area contributed by atoms with E-state index in [0.717, 1.165) is 6.42 Å². The molecule has 94 valence electrons. The van der Waals surface area contributed by atoms with Crippen molar-refractivity contribution in [2.45, 2.75) is 6.42 Å². The normalized spacial score (nSPS) is 11.4. The Hall–Kier alpha value is -2.01. The topological polar surface area (TPSA) is 67.8 Å². The summed E-state index contributed by atoms with van der Waals surface area (Å²) in [4.78, 5) is 0. The van der Waals surface area contributed by atoms with Gasteiger partial charge in [0.05, 0.1) is 12.2 Å². The first kappa shape index (κ1) is 12.4. The van der Waals surface area contributed by atoms with Crippen LogP contribution in [-0.4, -0.2) is 17.6 Å². The molecule has 2 rings (SSSR count). The minimum absolute atomic E-state index is 0.0566. The molecule has 1 aromatic heterocycles. The fourth-order valence-corrected chi connectivity index (χ4v) is 2.27. The summed E-state index contributed by atoms with van der Waals surface area (Å²) in [6, 6.07) is 9.31. The molecular weight excluding hydrogens is 248 g/mol. The van der Waals surface area contributed by atoms with Crippen molar-refractivity contribution in [1.82, 2.24) is 0 Å². The Morgan fingerprint density at radius 1 is 1.33 bits per heavy atom. The molecule has 1 aromatic carbocycles. The molecule has 0 aliphatic carbocycles. The predicted octanol–water partition coefficient (Wildman–Crippen LogP) is 2.46. The highest BCUT2D eigenvalue weighted by atomic mass is 32.1. The molecule has 0 radical (unpaired) electrons. The van der Waals surface area contributed by atoms with Gasteiger partial charge in [0.2, 0.25) is 0 Å². The lowest BCUT2D eigenvalue weighted by Gasteiger charge is -2.09. The molecule has 0 aliphatic heterocycles. The summed E-state index contributed by atoms with van der Waals surface area (Å²) in [5.74, 6) is 0.684. The number of ether oxygens (including phenoxy) is 1. The Labute approximate surface area is 109 Å². The second kappa shape index (κ2) is 6.07. The van der Waals surface area contributed by atoms with Crippen molar-refractivity contribution in [3.8, 4) is 5.75 Å². The fourth-order valence-electron chi connectivity index (χ4n) is 1.57. The molecule has 0 saturated heterocycles. The highest BCUT2D eigenvalue weighted by molar-refractivity contribution is 7.07. The molecule has 4 nitrogen and oxygen atoms in total. The monoisotopic (exact) mass is 262 g/mol. The highest BCUT2D eigenvalue weighted by Crippen LogP contribution is 2.18. The van der Waals surface area contributed by atoms with E-state index in [1.807, 2.05) is 17.5 Å². The molecule has 1 heterocycles. The quantitative estimate of drug-likeness (QED) is 0.376. The number of rotatable bonds is 5. The Morgan fingerprint density at radius 2 is 2.17 bits per heavy atom. The molecule has 18 heavy (non-hydrogen) atoms. The van der Waals surface area contributed by atoms with Crippen LogP contribution >= 0.6 is 11.3 Å². The first-order valence-corrected chi connectivity index (χ1v) is 6.46. The maximum atomic E-state index is 8.70. The van der Waals surface area contributed by atoms with Crippen LogP contribution in [0.1, 0.15) is 11.1 Å². The van der Waals surface area contributed by atoms with E-state index >= 15 is 0 Å². The van der Waals surface area contributed by atoms with Crippen LogP contribution in [0.4, 0.5) is 0 Å². The SMILES string of the molecule is NC(=NO)c1ccccc1OCCc1ccsc1. The van der Waals surface area contributed by atoms with Gasteiger partial charge in [0.1, 0.15) is 5.75 Å². The lowest BCUT2D eigenvalue weighted by Crippen LogP contribution is -2.15. The van der Waals surface area contributed by atoms with Crippen LogP contribution in [-0.2, 0) is 6.42 Å². The van der Waals surface area contributed by atoms with Gasteiger partial charge in [0.25, 0.3) is 0 Å². The van der Waals surface area contributed by atoms with Crippen LogP contribution in [0.5, 0.6) is 5.75 Å². The average molecular weight is 262 g/mol. The summed E-state index contributed by atoms with van der Waals surface area (Å²) in [6.45, 7) is 0.562. The molecule has 0 spiro atoms. The van der Waals surface area contributed by atoms with Gasteiger partial charge in [-0.25, -0.2) is 0 Å². The highest BCUT2D eigenvalue weighted by Gasteiger charge is 2.07. The Morgan fingerprint density at radius 3 is 2.89 bits per heavy atom. The van der Waals surface area contributed by atoms with Crippen LogP contribution in [0.25, 0.3) is 0 Å². The summed E-state index contributed by atoms with van der Waals surface area (Å²) in [6.07, 6.45) is 0.841. The number of thiophene rings is 1. The molecule has 2 aromatic rings. The Kier molecular flexibility index (Phi) is 4.20. The zero-order valence-corrected chi connectivity index (χ0v) is 10.6. The fraction of sp³-hybridized carbons (Fsp3) is 0.154. The summed E-state index contributed by atoms with van der Waals surface area (Å²) >= 11 is 1.67. The van der Waals surface area contributed by atoms with Crippen LogP contribution < -0.4 is 10.5 Å². The van der Waals surface area contributed by atoms with Gasteiger partial charge in [-0.05, 0) is 34.5 Å². The van der Waals surface area contributed by atoms with E-state index in [4.69, 9.17) is 15.7 Å². The van der Waals surface area contributed by atoms with Gasteiger partial charge < -0.3 is 15.7 Å². The number of para-hydroxylation sites is 1. The molecule has 0 aliphatic rings. The van der Waals surface area contributed by atoms with Gasteiger partial charge in [-0.2, -0.15) is 11.3 Å². The van der Waals surface area contributed by atoms with Gasteiger partial charge in [-0.15, -0.1) is 0 Å². The van der Waals surface area contributed by atoms with Crippen molar-refractivity contribution in [2.75, 3.05) is 6.61 Å². The largest absolute Gasteiger partial charge is 0.492 e. The van der Waals surface area contributed by atoms with Crippen molar-refractivity contribution in [1.29, 1.82) is 0 Å². The van der Waals surface area contributed by atoms with Gasteiger partial charge >= 0.3 is 0 Å². The zero-order chi connectivity index (χ0) is 12.8. The van der Waals surface area contributed by atoms with E-state index in [2.05, 4.69) is 16.6 Å². The van der Waals surface area contributed by atoms with Crippen molar-refractivity contribution in [2.24, 2.45) is 10.9 Å². The number of benzene rings is 1. The number of oxime groups is 1. The minimum atomic E-state index is 0.0566. The first-order valence-electron chi connectivity index (χ1n) is 5.52. The van der Waals surface area contributed by atoms with Gasteiger partial charge in [-0.3, -0.25) is 0 Å². The lowest BCUT2D eigenvalue weighted by atomic mass is 10.2. The smallest absolute Gasteiger partial charge is 0.173 e. The molecule has 5 heteroatoms. The maximum Gasteiger partial charge on any atom is 0.173 e. The number of hydrogen-bond donors (Lipinski definition) is 2. The standard InChI is InChI=1S/C13H14N2O2S/c14-13(15-16)11-3-1-2-4-12(11)17-7-5-10-6-8-18-9-10/h1-4,6,8-9,16H,5,7H2,(H2,14,15). The molecular formula is C13H14N2O2S. The van der Waals surface area contributed by atoms with Crippen LogP contribution in [0, 0.1) is 0 Å². The van der Waals surface area contributed by atoms with Crippen molar-refractivity contribution < 1.29 is 9.94 Å². The third-order valence-electron chi connectivity index (χ3n) is 2.50. The van der Waals surface area contributed by atoms with E-state index in [-0.39, 0.29) is 5.84 Å². The molecule has 0 atom stereocenters. The number of nitrogens with two attached hydrogens (primary N) is 1. The Balaban J connectivity index is 2.01. The van der Waals surface area contributed by atoms with E-state index in [9.17, 15) is 0 Å². The maximum absolute atomic E-state index is 8.70. The van der Waals surface area contributed by atoms with Gasteiger partial charge in [0.15, 0.2) is 5.84 Å². The van der Waals surface area contributed by atoms with Crippen LogP contribution in [0.15, 0.2) is 46.2 Å². The van der Waals surface area contributed by atoms with Crippen molar-refractivity contribution in [3.63, 3.8) is 0 Å². The predicted molar refractivity (Wildman–Crippen MR) is 72.5 cm³/mol. The number of amidine groups is 1. The van der Waals surface area contributed by atoms with E-state index in [1.165, 1.54) is 5.56 Å². The molecule has 0 fully saturated rings. The van der Waals surface area contributed by atoms with E-state index < -0.39 is 0 Å². The zero-order valence-electron chi connectivity index (χ0n) is 9.74. The van der Waals surface area contributed by atoms with Gasteiger partial charge in [-0.1, -0.05) is 17.3 Å². The van der Waals surface area contributed by atoms with E-state index in [0.29, 0.717) is 17.9 Å². The third-order valence-corrected chi connectivity index (χ3v) is 3.23. The molecule has 3 N–H and O–H groups in total. The summed E-state index contributed by atoms with van der Waals surface area (Å²) in [7, 11) is 0. The van der Waals surface area contributed by atoms with Crippen molar-refractivity contribution >= 4 is 17.2 Å². The third kappa shape index (κ3) is 3.01. The summed E-state index contributed by atoms with van der Waals surface area (Å²) in [5.41, 5.74) is 7.44. The van der Waals surface area contributed by atoms with Crippen LogP contribution in [0.3, 0.4) is 0 Å². The summed E-state index contributed by atoms with van der Waals surface area (Å²) < 4.78 is 5.67.